The molecule has 0 fully saturated rings. The van der Waals surface area contributed by atoms with Gasteiger partial charge in [0.15, 0.2) is 6.10 Å². The van der Waals surface area contributed by atoms with Gasteiger partial charge in [0.2, 0.25) is 0 Å². The van der Waals surface area contributed by atoms with Crippen LogP contribution in [0, 0.1) is 0 Å². The zero-order valence-corrected chi connectivity index (χ0v) is 47.4. The second-order valence-corrected chi connectivity index (χ2v) is 19.9. The first kappa shape index (κ1) is 68.6. The number of allylic oxidation sites excluding steroid dienone is 18. The second kappa shape index (κ2) is 61.9. The van der Waals surface area contributed by atoms with E-state index in [0.717, 1.165) is 103 Å². The molecule has 0 aromatic carbocycles. The molecule has 0 amide bonds. The van der Waals surface area contributed by atoms with Gasteiger partial charge in [0.25, 0.3) is 0 Å². The van der Waals surface area contributed by atoms with Crippen molar-refractivity contribution >= 4 is 11.9 Å². The molecule has 0 aliphatic rings. The zero-order chi connectivity index (χ0) is 52.0. The first-order valence-corrected chi connectivity index (χ1v) is 30.4. The van der Waals surface area contributed by atoms with E-state index in [1.165, 1.54) is 141 Å². The third-order valence-corrected chi connectivity index (χ3v) is 12.8. The van der Waals surface area contributed by atoms with Crippen LogP contribution in [0.4, 0.5) is 0 Å². The summed E-state index contributed by atoms with van der Waals surface area (Å²) in [5.74, 6) is -0.438. The summed E-state index contributed by atoms with van der Waals surface area (Å²) < 4.78 is 17.4. The number of ether oxygens (including phenoxy) is 3. The van der Waals surface area contributed by atoms with Gasteiger partial charge in [0, 0.05) is 19.4 Å². The minimum atomic E-state index is -0.579. The highest BCUT2D eigenvalue weighted by Crippen LogP contribution is 2.15. The molecule has 0 saturated carbocycles. The smallest absolute Gasteiger partial charge is 0.306 e. The lowest BCUT2D eigenvalue weighted by atomic mass is 10.1. The quantitative estimate of drug-likeness (QED) is 0.0345. The van der Waals surface area contributed by atoms with Crippen molar-refractivity contribution in [1.29, 1.82) is 0 Å². The van der Waals surface area contributed by atoms with E-state index in [2.05, 4.69) is 130 Å². The lowest BCUT2D eigenvalue weighted by Crippen LogP contribution is -2.30. The van der Waals surface area contributed by atoms with E-state index in [4.69, 9.17) is 14.2 Å². The maximum absolute atomic E-state index is 12.9. The van der Waals surface area contributed by atoms with Gasteiger partial charge in [0.05, 0.1) is 6.61 Å². The topological polar surface area (TPSA) is 61.8 Å². The number of hydrogen-bond donors (Lipinski definition) is 0. The lowest BCUT2D eigenvalue weighted by Gasteiger charge is -2.18. The molecule has 0 heterocycles. The molecule has 0 spiro atoms. The highest BCUT2D eigenvalue weighted by molar-refractivity contribution is 5.70. The Labute approximate surface area is 446 Å². The summed E-state index contributed by atoms with van der Waals surface area (Å²) in [7, 11) is 0. The van der Waals surface area contributed by atoms with Gasteiger partial charge in [-0.15, -0.1) is 0 Å². The van der Waals surface area contributed by atoms with E-state index in [1.807, 2.05) is 0 Å². The van der Waals surface area contributed by atoms with E-state index in [0.29, 0.717) is 19.4 Å². The summed E-state index contributed by atoms with van der Waals surface area (Å²) in [6, 6.07) is 0. The van der Waals surface area contributed by atoms with E-state index in [1.54, 1.807) is 0 Å². The summed E-state index contributed by atoms with van der Waals surface area (Å²) >= 11 is 0. The van der Waals surface area contributed by atoms with Crippen molar-refractivity contribution in [2.75, 3.05) is 19.8 Å². The highest BCUT2D eigenvalue weighted by Gasteiger charge is 2.17. The molecule has 1 unspecified atom stereocenters. The maximum atomic E-state index is 12.9. The minimum Gasteiger partial charge on any atom is -0.462 e. The van der Waals surface area contributed by atoms with Crippen molar-refractivity contribution in [3.05, 3.63) is 109 Å². The van der Waals surface area contributed by atoms with Gasteiger partial charge in [-0.25, -0.2) is 0 Å². The Kier molecular flexibility index (Phi) is 58.9. The largest absolute Gasteiger partial charge is 0.462 e. The Morgan fingerprint density at radius 1 is 0.319 bits per heavy atom. The number of hydrogen-bond acceptors (Lipinski definition) is 5. The van der Waals surface area contributed by atoms with Gasteiger partial charge < -0.3 is 14.2 Å². The Bertz CT molecular complexity index is 1410. The number of esters is 2. The van der Waals surface area contributed by atoms with Crippen LogP contribution in [0.1, 0.15) is 278 Å². The highest BCUT2D eigenvalue weighted by atomic mass is 16.6. The number of carbonyl (C=O) groups is 2. The van der Waals surface area contributed by atoms with Crippen LogP contribution in [0.15, 0.2) is 109 Å². The molecule has 72 heavy (non-hydrogen) atoms. The van der Waals surface area contributed by atoms with Gasteiger partial charge in [-0.1, -0.05) is 252 Å². The molecule has 0 aromatic rings. The zero-order valence-electron chi connectivity index (χ0n) is 47.4. The number of unbranched alkanes of at least 4 members (excludes halogenated alkanes) is 26. The predicted octanol–water partition coefficient (Wildman–Crippen LogP) is 21.1. The van der Waals surface area contributed by atoms with Crippen molar-refractivity contribution in [2.45, 2.75) is 284 Å². The van der Waals surface area contributed by atoms with Crippen LogP contribution in [0.3, 0.4) is 0 Å². The summed E-state index contributed by atoms with van der Waals surface area (Å²) in [4.78, 5) is 25.6. The molecule has 0 saturated heterocycles. The SMILES string of the molecule is CC/C=C\C/C=C\C/C=C\C/C=C\C/C=C\C/C=C\CCCOCC(COC(=O)CCCCCCCCCCC/C=C\CCCCCCCC)OC(=O)CCCCCCCCC/C=C\C/C=C\CCCCC. The van der Waals surface area contributed by atoms with Gasteiger partial charge >= 0.3 is 11.9 Å². The van der Waals surface area contributed by atoms with Crippen LogP contribution >= 0.6 is 0 Å². The molecule has 0 N–H and O–H groups in total. The van der Waals surface area contributed by atoms with Gasteiger partial charge in [0.1, 0.15) is 6.61 Å². The van der Waals surface area contributed by atoms with E-state index in [9.17, 15) is 9.59 Å². The van der Waals surface area contributed by atoms with Crippen molar-refractivity contribution in [3.8, 4) is 0 Å². The average molecular weight is 1000 g/mol. The summed E-state index contributed by atoms with van der Waals surface area (Å²) in [6.45, 7) is 7.55. The summed E-state index contributed by atoms with van der Waals surface area (Å²) in [5.41, 5.74) is 0. The van der Waals surface area contributed by atoms with E-state index in [-0.39, 0.29) is 25.2 Å². The molecule has 0 rings (SSSR count). The molecule has 0 aromatic heterocycles. The lowest BCUT2D eigenvalue weighted by molar-refractivity contribution is -0.163. The predicted molar refractivity (Wildman–Crippen MR) is 316 cm³/mol. The number of rotatable bonds is 55. The van der Waals surface area contributed by atoms with Crippen LogP contribution in [-0.2, 0) is 23.8 Å². The van der Waals surface area contributed by atoms with Crippen LogP contribution in [0.5, 0.6) is 0 Å². The molecule has 1 atom stereocenters. The molecule has 412 valence electrons. The molecule has 5 heteroatoms. The Balaban J connectivity index is 4.40. The summed E-state index contributed by atoms with van der Waals surface area (Å²) in [5, 5.41) is 0. The molecule has 0 bridgehead atoms. The first-order chi connectivity index (χ1) is 35.6. The third kappa shape index (κ3) is 59.1. The number of carbonyl (C=O) groups excluding carboxylic acids is 2. The van der Waals surface area contributed by atoms with Crippen LogP contribution in [0.2, 0.25) is 0 Å². The standard InChI is InChI=1S/C67H114O5/c1-4-7-10-13-16-19-22-25-28-31-33-35-38-41-44-47-50-53-56-59-62-70-63-65(72-67(69)61-58-55-52-49-46-43-40-36-30-27-24-21-18-15-12-9-6-3)64-71-66(68)60-57-54-51-48-45-42-39-37-34-32-29-26-23-20-17-14-11-8-5-2/h7,10,16,18-19,21,25-30,33,35,41,44,50,53,65H,4-6,8-9,11-15,17,20,22-24,31-32,34,36-40,42-43,45-49,51-52,54-64H2,1-3H3/b10-7-,19-16-,21-18-,28-25-,29-26-,30-27-,35-33-,44-41-,53-50-. The normalized spacial score (nSPS) is 13.0. The molecular weight excluding hydrogens is 885 g/mol. The van der Waals surface area contributed by atoms with Gasteiger partial charge in [-0.2, -0.15) is 0 Å². The summed E-state index contributed by atoms with van der Waals surface area (Å²) in [6.07, 6.45) is 85.5. The van der Waals surface area contributed by atoms with E-state index < -0.39 is 6.10 Å². The van der Waals surface area contributed by atoms with Crippen LogP contribution in [0.25, 0.3) is 0 Å². The molecule has 0 aliphatic heterocycles. The third-order valence-electron chi connectivity index (χ3n) is 12.8. The molecule has 5 nitrogen and oxygen atoms in total. The fraction of sp³-hybridized carbons (Fsp3) is 0.701. The van der Waals surface area contributed by atoms with Gasteiger partial charge in [-0.05, 0) is 122 Å². The van der Waals surface area contributed by atoms with Crippen molar-refractivity contribution in [2.24, 2.45) is 0 Å². The first-order valence-electron chi connectivity index (χ1n) is 30.4. The fourth-order valence-corrected chi connectivity index (χ4v) is 8.26. The monoisotopic (exact) mass is 999 g/mol. The molecule has 0 aliphatic carbocycles. The average Bonchev–Trinajstić information content (AvgIpc) is 3.38. The maximum Gasteiger partial charge on any atom is 0.306 e. The molecule has 0 radical (unpaired) electrons. The second-order valence-electron chi connectivity index (χ2n) is 19.9. The van der Waals surface area contributed by atoms with Crippen molar-refractivity contribution < 1.29 is 23.8 Å². The van der Waals surface area contributed by atoms with Crippen molar-refractivity contribution in [3.63, 3.8) is 0 Å². The van der Waals surface area contributed by atoms with Gasteiger partial charge in [-0.3, -0.25) is 9.59 Å². The Hall–Kier alpha value is -3.44. The fourth-order valence-electron chi connectivity index (χ4n) is 8.26. The minimum absolute atomic E-state index is 0.0532. The van der Waals surface area contributed by atoms with Crippen LogP contribution in [-0.4, -0.2) is 37.9 Å². The van der Waals surface area contributed by atoms with E-state index >= 15 is 0 Å². The molecular formula is C67H114O5. The Morgan fingerprint density at radius 2 is 0.625 bits per heavy atom. The Morgan fingerprint density at radius 3 is 1.04 bits per heavy atom. The van der Waals surface area contributed by atoms with Crippen LogP contribution < -0.4 is 0 Å². The van der Waals surface area contributed by atoms with Crippen molar-refractivity contribution in [1.82, 2.24) is 0 Å².